The normalized spacial score (nSPS) is 13.2. The summed E-state index contributed by atoms with van der Waals surface area (Å²) in [7, 11) is -2.63. The molecule has 0 amide bonds. The fourth-order valence-electron chi connectivity index (χ4n) is 4.44. The predicted molar refractivity (Wildman–Crippen MR) is 179 cm³/mol. The van der Waals surface area contributed by atoms with Gasteiger partial charge in [0.15, 0.2) is 5.76 Å². The number of alkyl halides is 3. The van der Waals surface area contributed by atoms with Crippen molar-refractivity contribution in [3.05, 3.63) is 111 Å². The first-order valence-electron chi connectivity index (χ1n) is 14.4. The lowest BCUT2D eigenvalue weighted by Gasteiger charge is -2.37. The Morgan fingerprint density at radius 2 is 1.35 bits per heavy atom. The molecule has 0 aliphatic carbocycles. The zero-order chi connectivity index (χ0) is 31.9. The summed E-state index contributed by atoms with van der Waals surface area (Å²) in [5, 5.41) is 1.04. The SMILES string of the molecule is CCCC(SCCOc1ccc(CC=C(O[Si](C)(C)C(C)(C)C)C(F)(F)F)cc1)(c1ccc(Cl)cc1)c1ccc(Cl)cc1. The summed E-state index contributed by atoms with van der Waals surface area (Å²) in [5.41, 5.74) is 3.08. The average Bonchev–Trinajstić information content (AvgIpc) is 2.93. The summed E-state index contributed by atoms with van der Waals surface area (Å²) in [6, 6.07) is 23.2. The Bertz CT molecular complexity index is 1290. The van der Waals surface area contributed by atoms with Gasteiger partial charge in [0.05, 0.1) is 11.4 Å². The van der Waals surface area contributed by atoms with Gasteiger partial charge < -0.3 is 9.16 Å². The Hall–Kier alpha value is -2.06. The molecule has 0 fully saturated rings. The lowest BCUT2D eigenvalue weighted by molar-refractivity contribution is -0.118. The standard InChI is InChI=1S/C34H41Cl2F3O2SSi/c1-7-22-33(26-11-15-28(35)16-12-26,27-13-17-29(36)18-14-27)42-24-23-40-30-19-8-25(9-20-30)10-21-31(34(37,38)39)41-43(5,6)32(2,3)4/h8-9,11-21H,7,10,22-24H2,1-6H3. The van der Waals surface area contributed by atoms with E-state index >= 15 is 0 Å². The minimum absolute atomic E-state index is 0.112. The molecule has 3 rings (SSSR count). The van der Waals surface area contributed by atoms with Gasteiger partial charge >= 0.3 is 6.18 Å². The maximum absolute atomic E-state index is 13.8. The van der Waals surface area contributed by atoms with Crippen LogP contribution in [0.15, 0.2) is 84.6 Å². The monoisotopic (exact) mass is 668 g/mol. The fraction of sp³-hybridized carbons (Fsp3) is 0.412. The van der Waals surface area contributed by atoms with Crippen molar-refractivity contribution >= 4 is 43.3 Å². The molecule has 0 radical (unpaired) electrons. The predicted octanol–water partition coefficient (Wildman–Crippen LogP) is 11.9. The fourth-order valence-corrected chi connectivity index (χ4v) is 7.21. The van der Waals surface area contributed by atoms with Gasteiger partial charge in [-0.15, -0.1) is 11.8 Å². The van der Waals surface area contributed by atoms with E-state index in [0.717, 1.165) is 30.2 Å². The molecular weight excluding hydrogens is 628 g/mol. The highest BCUT2D eigenvalue weighted by Gasteiger charge is 2.45. The third-order valence-corrected chi connectivity index (χ3v) is 14.2. The van der Waals surface area contributed by atoms with Crippen LogP contribution >= 0.6 is 35.0 Å². The summed E-state index contributed by atoms with van der Waals surface area (Å²) in [4.78, 5) is 0. The van der Waals surface area contributed by atoms with Crippen molar-refractivity contribution in [2.75, 3.05) is 12.4 Å². The van der Waals surface area contributed by atoms with Crippen molar-refractivity contribution in [3.63, 3.8) is 0 Å². The molecule has 0 aliphatic rings. The Morgan fingerprint density at radius 3 is 1.79 bits per heavy atom. The Balaban J connectivity index is 1.69. The molecule has 0 N–H and O–H groups in total. The van der Waals surface area contributed by atoms with Crippen molar-refractivity contribution in [2.24, 2.45) is 0 Å². The Kier molecular flexibility index (Phi) is 12.2. The van der Waals surface area contributed by atoms with E-state index in [9.17, 15) is 13.2 Å². The van der Waals surface area contributed by atoms with E-state index in [1.807, 2.05) is 69.9 Å². The topological polar surface area (TPSA) is 18.5 Å². The minimum Gasteiger partial charge on any atom is -0.540 e. The van der Waals surface area contributed by atoms with Gasteiger partial charge in [0.2, 0.25) is 8.32 Å². The van der Waals surface area contributed by atoms with Crippen molar-refractivity contribution in [2.45, 2.75) is 76.0 Å². The highest BCUT2D eigenvalue weighted by atomic mass is 35.5. The first-order valence-corrected chi connectivity index (χ1v) is 19.1. The first-order chi connectivity index (χ1) is 20.1. The minimum atomic E-state index is -4.54. The largest absolute Gasteiger partial charge is 0.540 e. The molecule has 43 heavy (non-hydrogen) atoms. The lowest BCUT2D eigenvalue weighted by atomic mass is 9.86. The second-order valence-corrected chi connectivity index (χ2v) is 19.1. The van der Waals surface area contributed by atoms with Crippen LogP contribution < -0.4 is 4.74 Å². The maximum Gasteiger partial charge on any atom is 0.447 e. The lowest BCUT2D eigenvalue weighted by Crippen LogP contribution is -2.42. The number of hydrogen-bond acceptors (Lipinski definition) is 3. The number of thioether (sulfide) groups is 1. The molecule has 0 bridgehead atoms. The van der Waals surface area contributed by atoms with E-state index in [0.29, 0.717) is 22.4 Å². The molecule has 0 atom stereocenters. The Morgan fingerprint density at radius 1 is 0.837 bits per heavy atom. The van der Waals surface area contributed by atoms with E-state index in [1.54, 1.807) is 24.3 Å². The van der Waals surface area contributed by atoms with E-state index in [1.165, 1.54) is 11.1 Å². The smallest absolute Gasteiger partial charge is 0.447 e. The molecular formula is C34H41Cl2F3O2SSi. The molecule has 0 aliphatic heterocycles. The van der Waals surface area contributed by atoms with Gasteiger partial charge in [-0.2, -0.15) is 13.2 Å². The number of ether oxygens (including phenoxy) is 1. The van der Waals surface area contributed by atoms with Gasteiger partial charge in [-0.3, -0.25) is 0 Å². The van der Waals surface area contributed by atoms with Crippen molar-refractivity contribution in [1.29, 1.82) is 0 Å². The number of hydrogen-bond donors (Lipinski definition) is 0. The van der Waals surface area contributed by atoms with Crippen LogP contribution in [0.2, 0.25) is 28.2 Å². The molecule has 0 saturated heterocycles. The molecule has 0 aromatic heterocycles. The highest BCUT2D eigenvalue weighted by Crippen LogP contribution is 2.47. The number of allylic oxidation sites excluding steroid dienone is 2. The van der Waals surface area contributed by atoms with Crippen LogP contribution in [0.25, 0.3) is 0 Å². The maximum atomic E-state index is 13.8. The number of benzene rings is 3. The van der Waals surface area contributed by atoms with Gasteiger partial charge in [0.1, 0.15) is 5.75 Å². The van der Waals surface area contributed by atoms with Crippen LogP contribution in [-0.2, 0) is 15.6 Å². The van der Waals surface area contributed by atoms with Gasteiger partial charge in [0.25, 0.3) is 0 Å². The van der Waals surface area contributed by atoms with Crippen molar-refractivity contribution < 1.29 is 22.3 Å². The average molecular weight is 670 g/mol. The second-order valence-electron chi connectivity index (χ2n) is 12.1. The summed E-state index contributed by atoms with van der Waals surface area (Å²) in [6.07, 6.45) is -1.38. The molecule has 0 unspecified atom stereocenters. The quantitative estimate of drug-likeness (QED) is 0.103. The van der Waals surface area contributed by atoms with Gasteiger partial charge in [-0.05, 0) is 90.1 Å². The number of rotatable bonds is 13. The highest BCUT2D eigenvalue weighted by molar-refractivity contribution is 8.00. The van der Waals surface area contributed by atoms with Crippen LogP contribution in [0.1, 0.15) is 57.2 Å². The van der Waals surface area contributed by atoms with Crippen molar-refractivity contribution in [3.8, 4) is 5.75 Å². The molecule has 0 saturated carbocycles. The third kappa shape index (κ3) is 9.71. The molecule has 3 aromatic rings. The molecule has 9 heteroatoms. The Labute approximate surface area is 270 Å². The zero-order valence-corrected chi connectivity index (χ0v) is 29.0. The van der Waals surface area contributed by atoms with E-state index in [4.69, 9.17) is 32.4 Å². The van der Waals surface area contributed by atoms with Crippen LogP contribution in [0.5, 0.6) is 5.75 Å². The van der Waals surface area contributed by atoms with E-state index in [2.05, 4.69) is 31.2 Å². The molecule has 0 heterocycles. The summed E-state index contributed by atoms with van der Waals surface area (Å²) >= 11 is 14.2. The second kappa shape index (κ2) is 14.8. The van der Waals surface area contributed by atoms with E-state index in [-0.39, 0.29) is 16.2 Å². The first kappa shape index (κ1) is 35.4. The van der Waals surface area contributed by atoms with Crippen LogP contribution in [0, 0.1) is 0 Å². The van der Waals surface area contributed by atoms with Gasteiger partial charge in [-0.25, -0.2) is 0 Å². The molecule has 3 aromatic carbocycles. The summed E-state index contributed by atoms with van der Waals surface area (Å²) in [5.74, 6) is 0.476. The third-order valence-electron chi connectivity index (χ3n) is 7.82. The molecule has 2 nitrogen and oxygen atoms in total. The van der Waals surface area contributed by atoms with Gasteiger partial charge in [0, 0.05) is 15.8 Å². The molecule has 234 valence electrons. The van der Waals surface area contributed by atoms with Gasteiger partial charge in [-0.1, -0.05) is 93.7 Å². The zero-order valence-electron chi connectivity index (χ0n) is 25.7. The van der Waals surface area contributed by atoms with Crippen LogP contribution in [-0.4, -0.2) is 26.9 Å². The summed E-state index contributed by atoms with van der Waals surface area (Å²) < 4.78 is 52.7. The van der Waals surface area contributed by atoms with Crippen LogP contribution in [0.3, 0.4) is 0 Å². The molecule has 0 spiro atoms. The number of halogens is 5. The van der Waals surface area contributed by atoms with E-state index < -0.39 is 20.3 Å². The summed E-state index contributed by atoms with van der Waals surface area (Å²) in [6.45, 7) is 12.0. The van der Waals surface area contributed by atoms with Crippen LogP contribution in [0.4, 0.5) is 13.2 Å². The van der Waals surface area contributed by atoms with Crippen molar-refractivity contribution in [1.82, 2.24) is 0 Å².